The molecule has 0 N–H and O–H groups in total. The van der Waals surface area contributed by atoms with E-state index in [0.717, 1.165) is 50.6 Å². The van der Waals surface area contributed by atoms with E-state index >= 15 is 0 Å². The van der Waals surface area contributed by atoms with E-state index in [1.54, 1.807) is 0 Å². The molecule has 0 atom stereocenters. The standard InChI is InChI=1S/C49H37N3OSi/c1-49(2)39-25-10-11-27-41(39)52(45-29-14-16-31-51-45)42-33-44(46-38-24-9-12-28-43(38)53-48(46)47(42)49)54(35-19-5-3-6-20-35,36-21-7-4-8-22-36)37-23-17-18-34(32-37)40-26-13-15-30-50-40/h3-33H,1-2H3. The fourth-order valence-electron chi connectivity index (χ4n) is 8.94. The zero-order valence-electron chi connectivity index (χ0n) is 30.1. The quantitative estimate of drug-likeness (QED) is 0.127. The van der Waals surface area contributed by atoms with E-state index in [1.165, 1.54) is 31.7 Å². The van der Waals surface area contributed by atoms with Crippen LogP contribution in [-0.2, 0) is 5.41 Å². The van der Waals surface area contributed by atoms with Crippen molar-refractivity contribution in [1.29, 1.82) is 0 Å². The molecule has 0 unspecified atom stereocenters. The molecule has 0 amide bonds. The Bertz CT molecular complexity index is 2760. The first-order chi connectivity index (χ1) is 26.6. The first kappa shape index (κ1) is 32.1. The highest BCUT2D eigenvalue weighted by molar-refractivity contribution is 7.21. The molecule has 4 heterocycles. The van der Waals surface area contributed by atoms with Gasteiger partial charge in [0, 0.05) is 39.7 Å². The summed E-state index contributed by atoms with van der Waals surface area (Å²) in [5, 5.41) is 7.41. The third-order valence-corrected chi connectivity index (χ3v) is 16.0. The number of fused-ring (bicyclic) bond motifs is 6. The van der Waals surface area contributed by atoms with Gasteiger partial charge in [-0.3, -0.25) is 9.88 Å². The number of aromatic nitrogens is 2. The molecule has 0 spiro atoms. The lowest BCUT2D eigenvalue weighted by Crippen LogP contribution is -2.75. The summed E-state index contributed by atoms with van der Waals surface area (Å²) in [4.78, 5) is 12.1. The maximum Gasteiger partial charge on any atom is 0.180 e. The first-order valence-electron chi connectivity index (χ1n) is 18.5. The van der Waals surface area contributed by atoms with Crippen LogP contribution in [0.3, 0.4) is 0 Å². The van der Waals surface area contributed by atoms with Crippen molar-refractivity contribution in [3.8, 4) is 11.3 Å². The van der Waals surface area contributed by atoms with Crippen LogP contribution in [0, 0.1) is 0 Å². The first-order valence-corrected chi connectivity index (χ1v) is 20.5. The molecular formula is C49H37N3OSi. The van der Waals surface area contributed by atoms with Crippen molar-refractivity contribution < 1.29 is 4.42 Å². The number of rotatable bonds is 6. The van der Waals surface area contributed by atoms with Crippen molar-refractivity contribution in [2.24, 2.45) is 0 Å². The molecule has 1 aliphatic rings. The van der Waals surface area contributed by atoms with Gasteiger partial charge in [-0.25, -0.2) is 4.98 Å². The van der Waals surface area contributed by atoms with Crippen LogP contribution < -0.4 is 25.6 Å². The molecular weight excluding hydrogens is 675 g/mol. The number of furan rings is 1. The van der Waals surface area contributed by atoms with Gasteiger partial charge in [0.05, 0.1) is 17.1 Å². The summed E-state index contributed by atoms with van der Waals surface area (Å²) in [5.41, 5.74) is 8.07. The monoisotopic (exact) mass is 711 g/mol. The fraction of sp³-hybridized carbons (Fsp3) is 0.0612. The van der Waals surface area contributed by atoms with Gasteiger partial charge in [-0.05, 0) is 68.8 Å². The molecule has 10 rings (SSSR count). The van der Waals surface area contributed by atoms with Crippen molar-refractivity contribution in [2.45, 2.75) is 19.3 Å². The summed E-state index contributed by atoms with van der Waals surface area (Å²) < 4.78 is 7.19. The van der Waals surface area contributed by atoms with Gasteiger partial charge >= 0.3 is 0 Å². The minimum atomic E-state index is -3.17. The summed E-state index contributed by atoms with van der Waals surface area (Å²) in [6, 6.07) is 63.5. The van der Waals surface area contributed by atoms with Crippen molar-refractivity contribution in [3.63, 3.8) is 0 Å². The third-order valence-electron chi connectivity index (χ3n) is 11.3. The molecule has 0 fully saturated rings. The average Bonchev–Trinajstić information content (AvgIpc) is 3.62. The Balaban J connectivity index is 1.43. The van der Waals surface area contributed by atoms with E-state index in [0.29, 0.717) is 0 Å². The zero-order valence-corrected chi connectivity index (χ0v) is 31.1. The largest absolute Gasteiger partial charge is 0.456 e. The van der Waals surface area contributed by atoms with Gasteiger partial charge in [-0.15, -0.1) is 0 Å². The molecule has 4 nitrogen and oxygen atoms in total. The van der Waals surface area contributed by atoms with E-state index in [4.69, 9.17) is 14.4 Å². The molecule has 3 aromatic heterocycles. The number of nitrogens with zero attached hydrogens (tertiary/aromatic N) is 3. The minimum absolute atomic E-state index is 0.384. The second kappa shape index (κ2) is 12.5. The minimum Gasteiger partial charge on any atom is -0.456 e. The van der Waals surface area contributed by atoms with Gasteiger partial charge in [-0.1, -0.05) is 147 Å². The van der Waals surface area contributed by atoms with Crippen LogP contribution in [-0.4, -0.2) is 18.0 Å². The molecule has 258 valence electrons. The highest BCUT2D eigenvalue weighted by Gasteiger charge is 2.47. The number of hydrogen-bond acceptors (Lipinski definition) is 4. The molecule has 5 heteroatoms. The van der Waals surface area contributed by atoms with Crippen LogP contribution in [0.1, 0.15) is 25.0 Å². The van der Waals surface area contributed by atoms with E-state index < -0.39 is 8.07 Å². The van der Waals surface area contributed by atoms with Crippen LogP contribution in [0.15, 0.2) is 193 Å². The SMILES string of the molecule is CC1(C)c2ccccc2N(c2ccccn2)c2cc([Si](c3ccccc3)(c3ccccc3)c3cccc(-c4ccccn4)c3)c3c(oc4ccccc43)c21. The van der Waals surface area contributed by atoms with Gasteiger partial charge < -0.3 is 4.42 Å². The lowest BCUT2D eigenvalue weighted by molar-refractivity contribution is 0.602. The Kier molecular flexibility index (Phi) is 7.46. The molecule has 54 heavy (non-hydrogen) atoms. The van der Waals surface area contributed by atoms with Gasteiger partial charge in [0.25, 0.3) is 0 Å². The normalized spacial score (nSPS) is 13.5. The maximum atomic E-state index is 7.19. The zero-order chi connectivity index (χ0) is 36.3. The Morgan fingerprint density at radius 2 is 1.20 bits per heavy atom. The second-order valence-corrected chi connectivity index (χ2v) is 18.3. The summed E-state index contributed by atoms with van der Waals surface area (Å²) in [7, 11) is -3.17. The summed E-state index contributed by atoms with van der Waals surface area (Å²) in [6.45, 7) is 4.67. The third kappa shape index (κ3) is 4.75. The second-order valence-electron chi connectivity index (χ2n) is 14.6. The van der Waals surface area contributed by atoms with Crippen molar-refractivity contribution >= 4 is 68.0 Å². The highest BCUT2D eigenvalue weighted by Crippen LogP contribution is 2.54. The summed E-state index contributed by atoms with van der Waals surface area (Å²) in [6.07, 6.45) is 3.76. The Hall–Kier alpha value is -6.56. The molecule has 6 aromatic carbocycles. The van der Waals surface area contributed by atoms with Gasteiger partial charge in [0.15, 0.2) is 8.07 Å². The van der Waals surface area contributed by atoms with Crippen molar-refractivity contribution in [1.82, 2.24) is 9.97 Å². The molecule has 1 aliphatic heterocycles. The van der Waals surface area contributed by atoms with Crippen LogP contribution in [0.5, 0.6) is 0 Å². The smallest absolute Gasteiger partial charge is 0.180 e. The van der Waals surface area contributed by atoms with E-state index in [9.17, 15) is 0 Å². The number of benzene rings is 6. The predicted octanol–water partition coefficient (Wildman–Crippen LogP) is 9.53. The molecule has 0 saturated heterocycles. The summed E-state index contributed by atoms with van der Waals surface area (Å²) >= 11 is 0. The molecule has 9 aromatic rings. The van der Waals surface area contributed by atoms with Crippen molar-refractivity contribution in [2.75, 3.05) is 4.90 Å². The maximum absolute atomic E-state index is 7.19. The van der Waals surface area contributed by atoms with Crippen LogP contribution in [0.4, 0.5) is 17.2 Å². The Labute approximate surface area is 316 Å². The molecule has 0 bridgehead atoms. The number of anilines is 3. The number of hydrogen-bond donors (Lipinski definition) is 0. The highest BCUT2D eigenvalue weighted by atomic mass is 28.3. The fourth-order valence-corrected chi connectivity index (χ4v) is 14.0. The Morgan fingerprint density at radius 1 is 0.556 bits per heavy atom. The van der Waals surface area contributed by atoms with E-state index in [-0.39, 0.29) is 5.41 Å². The van der Waals surface area contributed by atoms with Gasteiger partial charge in [0.1, 0.15) is 17.0 Å². The molecule has 0 saturated carbocycles. The Morgan fingerprint density at radius 3 is 1.93 bits per heavy atom. The molecule has 0 radical (unpaired) electrons. The average molecular weight is 712 g/mol. The van der Waals surface area contributed by atoms with Crippen molar-refractivity contribution in [3.05, 3.63) is 199 Å². The van der Waals surface area contributed by atoms with Crippen LogP contribution in [0.25, 0.3) is 33.2 Å². The van der Waals surface area contributed by atoms with Gasteiger partial charge in [0.2, 0.25) is 0 Å². The lowest BCUT2D eigenvalue weighted by atomic mass is 9.73. The van der Waals surface area contributed by atoms with E-state index in [2.05, 4.69) is 183 Å². The van der Waals surface area contributed by atoms with Gasteiger partial charge in [-0.2, -0.15) is 0 Å². The lowest BCUT2D eigenvalue weighted by Gasteiger charge is -2.43. The van der Waals surface area contributed by atoms with E-state index in [1.807, 2.05) is 24.5 Å². The summed E-state index contributed by atoms with van der Waals surface area (Å²) in [5.74, 6) is 0.868. The van der Waals surface area contributed by atoms with Crippen LogP contribution in [0.2, 0.25) is 0 Å². The van der Waals surface area contributed by atoms with Crippen LogP contribution >= 0.6 is 0 Å². The number of para-hydroxylation sites is 2. The number of pyridine rings is 2. The topological polar surface area (TPSA) is 42.2 Å². The molecule has 0 aliphatic carbocycles. The predicted molar refractivity (Wildman–Crippen MR) is 225 cm³/mol.